The van der Waals surface area contributed by atoms with E-state index in [1.165, 1.54) is 13.0 Å². The number of nitrogens with one attached hydrogen (secondary N) is 1. The number of hydrogen-bond acceptors (Lipinski definition) is 1. The molecule has 2 heteroatoms. The first kappa shape index (κ1) is 8.78. The second-order valence-electron chi connectivity index (χ2n) is 4.10. The van der Waals surface area contributed by atoms with Crippen LogP contribution in [0, 0.1) is 5.41 Å². The largest absolute Gasteiger partial charge is 0.312 e. The maximum Gasteiger partial charge on any atom is 0.0280 e. The lowest BCUT2D eigenvalue weighted by Crippen LogP contribution is -2.39. The van der Waals surface area contributed by atoms with Gasteiger partial charge in [-0.25, -0.2) is 0 Å². The van der Waals surface area contributed by atoms with Crippen LogP contribution in [-0.4, -0.2) is 16.5 Å². The van der Waals surface area contributed by atoms with Crippen LogP contribution in [0.5, 0.6) is 0 Å². The smallest absolute Gasteiger partial charge is 0.0280 e. The summed E-state index contributed by atoms with van der Waals surface area (Å²) in [6.07, 6.45) is 1.34. The first-order valence-corrected chi connectivity index (χ1v) is 5.14. The summed E-state index contributed by atoms with van der Waals surface area (Å²) < 4.78 is 0.831. The molecule has 1 aliphatic heterocycles. The van der Waals surface area contributed by atoms with Gasteiger partial charge in [0.15, 0.2) is 0 Å². The lowest BCUT2D eigenvalue weighted by atomic mass is 9.86. The molecule has 2 atom stereocenters. The molecule has 2 unspecified atom stereocenters. The first-order chi connectivity index (χ1) is 4.52. The number of rotatable bonds is 0. The van der Waals surface area contributed by atoms with Gasteiger partial charge < -0.3 is 5.32 Å². The van der Waals surface area contributed by atoms with E-state index in [9.17, 15) is 0 Å². The standard InChI is InChI=1S/C8H16IN/c1-8(2,3)7-6(9)4-5-10-7/h6-7,10H,4-5H2,1-3H3. The van der Waals surface area contributed by atoms with Crippen LogP contribution in [0.2, 0.25) is 0 Å². The van der Waals surface area contributed by atoms with Crippen molar-refractivity contribution in [3.05, 3.63) is 0 Å². The molecule has 60 valence electrons. The molecule has 0 bridgehead atoms. The van der Waals surface area contributed by atoms with Gasteiger partial charge in [-0.05, 0) is 18.4 Å². The Hall–Kier alpha value is 0.690. The van der Waals surface area contributed by atoms with Crippen LogP contribution >= 0.6 is 22.6 Å². The quantitative estimate of drug-likeness (QED) is 0.515. The van der Waals surface area contributed by atoms with Gasteiger partial charge in [0.05, 0.1) is 0 Å². The summed E-state index contributed by atoms with van der Waals surface area (Å²) in [4.78, 5) is 0. The Kier molecular flexibility index (Phi) is 2.61. The zero-order valence-electron chi connectivity index (χ0n) is 6.95. The molecule has 0 saturated carbocycles. The minimum absolute atomic E-state index is 0.433. The average Bonchev–Trinajstić information content (AvgIpc) is 2.11. The van der Waals surface area contributed by atoms with E-state index in [0.717, 1.165) is 3.92 Å². The van der Waals surface area contributed by atoms with E-state index in [1.807, 2.05) is 0 Å². The maximum absolute atomic E-state index is 3.54. The van der Waals surface area contributed by atoms with Crippen LogP contribution in [0.25, 0.3) is 0 Å². The van der Waals surface area contributed by atoms with E-state index in [-0.39, 0.29) is 0 Å². The first-order valence-electron chi connectivity index (χ1n) is 3.89. The maximum atomic E-state index is 3.54. The third-order valence-electron chi connectivity index (χ3n) is 2.08. The molecule has 10 heavy (non-hydrogen) atoms. The van der Waals surface area contributed by atoms with Crippen LogP contribution in [0.4, 0.5) is 0 Å². The van der Waals surface area contributed by atoms with E-state index in [1.54, 1.807) is 0 Å². The zero-order chi connectivity index (χ0) is 7.78. The van der Waals surface area contributed by atoms with Gasteiger partial charge in [0.1, 0.15) is 0 Å². The fraction of sp³-hybridized carbons (Fsp3) is 1.00. The highest BCUT2D eigenvalue weighted by Crippen LogP contribution is 2.30. The third kappa shape index (κ3) is 1.84. The molecule has 0 radical (unpaired) electrons. The number of halogens is 1. The van der Waals surface area contributed by atoms with Crippen molar-refractivity contribution >= 4 is 22.6 Å². The van der Waals surface area contributed by atoms with Crippen molar-refractivity contribution < 1.29 is 0 Å². The van der Waals surface area contributed by atoms with Crippen molar-refractivity contribution in [3.63, 3.8) is 0 Å². The van der Waals surface area contributed by atoms with Crippen LogP contribution in [0.15, 0.2) is 0 Å². The second-order valence-corrected chi connectivity index (χ2v) is 5.70. The topological polar surface area (TPSA) is 12.0 Å². The van der Waals surface area contributed by atoms with Gasteiger partial charge in [0, 0.05) is 9.97 Å². The highest BCUT2D eigenvalue weighted by Gasteiger charge is 2.33. The second kappa shape index (κ2) is 2.97. The van der Waals surface area contributed by atoms with E-state index in [2.05, 4.69) is 48.7 Å². The van der Waals surface area contributed by atoms with Crippen LogP contribution in [-0.2, 0) is 0 Å². The van der Waals surface area contributed by atoms with Gasteiger partial charge in [-0.15, -0.1) is 0 Å². The minimum Gasteiger partial charge on any atom is -0.312 e. The van der Waals surface area contributed by atoms with Gasteiger partial charge in [0.2, 0.25) is 0 Å². The Bertz CT molecular complexity index is 117. The monoisotopic (exact) mass is 253 g/mol. The Morgan fingerprint density at radius 1 is 1.40 bits per heavy atom. The molecule has 1 saturated heterocycles. The van der Waals surface area contributed by atoms with Crippen LogP contribution in [0.1, 0.15) is 27.2 Å². The average molecular weight is 253 g/mol. The van der Waals surface area contributed by atoms with Gasteiger partial charge >= 0.3 is 0 Å². The molecule has 1 N–H and O–H groups in total. The summed E-state index contributed by atoms with van der Waals surface area (Å²) in [7, 11) is 0. The lowest BCUT2D eigenvalue weighted by molar-refractivity contribution is 0.304. The summed E-state index contributed by atoms with van der Waals surface area (Å²) in [6, 6.07) is 0.716. The predicted molar refractivity (Wildman–Crippen MR) is 53.7 cm³/mol. The fourth-order valence-electron chi connectivity index (χ4n) is 1.52. The van der Waals surface area contributed by atoms with Gasteiger partial charge in [-0.3, -0.25) is 0 Å². The van der Waals surface area contributed by atoms with Gasteiger partial charge in [-0.1, -0.05) is 43.4 Å². The third-order valence-corrected chi connectivity index (χ3v) is 3.42. The Morgan fingerprint density at radius 3 is 2.20 bits per heavy atom. The highest BCUT2D eigenvalue weighted by molar-refractivity contribution is 14.1. The summed E-state index contributed by atoms with van der Waals surface area (Å²) >= 11 is 2.56. The molecule has 0 aromatic carbocycles. The van der Waals surface area contributed by atoms with E-state index in [4.69, 9.17) is 0 Å². The fourth-order valence-corrected chi connectivity index (χ4v) is 3.16. The van der Waals surface area contributed by atoms with E-state index in [0.29, 0.717) is 11.5 Å². The molecule has 0 aromatic rings. The molecular weight excluding hydrogens is 237 g/mol. The number of alkyl halides is 1. The van der Waals surface area contributed by atoms with Crippen molar-refractivity contribution in [2.45, 2.75) is 37.2 Å². The Morgan fingerprint density at radius 2 is 2.00 bits per heavy atom. The molecule has 1 heterocycles. The Labute approximate surface area is 77.1 Å². The lowest BCUT2D eigenvalue weighted by Gasteiger charge is -2.29. The molecule has 0 amide bonds. The number of hydrogen-bond donors (Lipinski definition) is 1. The molecule has 1 aliphatic rings. The van der Waals surface area contributed by atoms with Crippen molar-refractivity contribution in [1.82, 2.24) is 5.32 Å². The van der Waals surface area contributed by atoms with Crippen molar-refractivity contribution in [2.24, 2.45) is 5.41 Å². The molecule has 0 aromatic heterocycles. The summed E-state index contributed by atoms with van der Waals surface area (Å²) in [5.41, 5.74) is 0.433. The molecule has 0 aliphatic carbocycles. The highest BCUT2D eigenvalue weighted by atomic mass is 127. The van der Waals surface area contributed by atoms with Crippen molar-refractivity contribution in [3.8, 4) is 0 Å². The van der Waals surface area contributed by atoms with Crippen molar-refractivity contribution in [2.75, 3.05) is 6.54 Å². The molecular formula is C8H16IN. The molecule has 1 fully saturated rings. The summed E-state index contributed by atoms with van der Waals surface area (Å²) in [5.74, 6) is 0. The minimum atomic E-state index is 0.433. The van der Waals surface area contributed by atoms with Crippen LogP contribution in [0.3, 0.4) is 0 Å². The van der Waals surface area contributed by atoms with E-state index >= 15 is 0 Å². The van der Waals surface area contributed by atoms with Crippen molar-refractivity contribution in [1.29, 1.82) is 0 Å². The predicted octanol–water partition coefficient (Wildman–Crippen LogP) is 2.20. The summed E-state index contributed by atoms with van der Waals surface area (Å²) in [6.45, 7) is 8.13. The summed E-state index contributed by atoms with van der Waals surface area (Å²) in [5, 5.41) is 3.54. The molecule has 0 spiro atoms. The SMILES string of the molecule is CC(C)(C)C1NCCC1I. The van der Waals surface area contributed by atoms with E-state index < -0.39 is 0 Å². The normalized spacial score (nSPS) is 34.8. The van der Waals surface area contributed by atoms with Crippen LogP contribution < -0.4 is 5.32 Å². The zero-order valence-corrected chi connectivity index (χ0v) is 9.10. The molecule has 1 rings (SSSR count). The Balaban J connectivity index is 2.55. The van der Waals surface area contributed by atoms with Gasteiger partial charge in [0.25, 0.3) is 0 Å². The molecule has 1 nitrogen and oxygen atoms in total. The van der Waals surface area contributed by atoms with Gasteiger partial charge in [-0.2, -0.15) is 0 Å².